The minimum Gasteiger partial charge on any atom is -0.468 e. The number of amides is 1. The van der Waals surface area contributed by atoms with Crippen LogP contribution in [0.5, 0.6) is 0 Å². The van der Waals surface area contributed by atoms with Gasteiger partial charge in [-0.15, -0.1) is 0 Å². The summed E-state index contributed by atoms with van der Waals surface area (Å²) in [5, 5.41) is 3.03. The van der Waals surface area contributed by atoms with Crippen LogP contribution in [-0.4, -0.2) is 54.6 Å². The largest absolute Gasteiger partial charge is 0.468 e. The molecule has 1 unspecified atom stereocenters. The number of carbonyl (C=O) groups excluding carboxylic acids is 1. The summed E-state index contributed by atoms with van der Waals surface area (Å²) in [7, 11) is 0. The van der Waals surface area contributed by atoms with Gasteiger partial charge in [-0.1, -0.05) is 30.3 Å². The van der Waals surface area contributed by atoms with Gasteiger partial charge in [0.15, 0.2) is 0 Å². The van der Waals surface area contributed by atoms with E-state index >= 15 is 0 Å². The summed E-state index contributed by atoms with van der Waals surface area (Å²) >= 11 is 0. The first-order valence-electron chi connectivity index (χ1n) is 10.7. The Morgan fingerprint density at radius 1 is 1.00 bits per heavy atom. The van der Waals surface area contributed by atoms with Crippen LogP contribution in [-0.2, 0) is 29.2 Å². The van der Waals surface area contributed by atoms with Crippen molar-refractivity contribution in [3.63, 3.8) is 0 Å². The minimum atomic E-state index is -0.0399. The maximum absolute atomic E-state index is 12.6. The standard InChI is InChI=1S/C24H29N3O4/c28-24(19-27(16-21-8-4-11-29-21)17-22-9-5-12-30-22)25-14-23-18-26(10-13-31-23)15-20-6-2-1-3-7-20/h1-9,11-12,23H,10,13-19H2,(H,25,28). The summed E-state index contributed by atoms with van der Waals surface area (Å²) in [5.74, 6) is 1.58. The van der Waals surface area contributed by atoms with Gasteiger partial charge in [0.25, 0.3) is 0 Å². The van der Waals surface area contributed by atoms with Crippen molar-refractivity contribution >= 4 is 5.91 Å². The van der Waals surface area contributed by atoms with Crippen LogP contribution in [0.3, 0.4) is 0 Å². The highest BCUT2D eigenvalue weighted by molar-refractivity contribution is 5.78. The predicted molar refractivity (Wildman–Crippen MR) is 116 cm³/mol. The fraction of sp³-hybridized carbons (Fsp3) is 0.375. The maximum Gasteiger partial charge on any atom is 0.234 e. The number of ether oxygens (including phenoxy) is 1. The Hall–Kier alpha value is -2.87. The number of carbonyl (C=O) groups is 1. The van der Waals surface area contributed by atoms with Crippen molar-refractivity contribution in [1.29, 1.82) is 0 Å². The van der Waals surface area contributed by atoms with E-state index in [9.17, 15) is 4.79 Å². The number of nitrogens with zero attached hydrogens (tertiary/aromatic N) is 2. The SMILES string of the molecule is O=C(CN(Cc1ccco1)Cc1ccco1)NCC1CN(Cc2ccccc2)CCO1. The fourth-order valence-corrected chi connectivity index (χ4v) is 3.79. The van der Waals surface area contributed by atoms with Crippen LogP contribution in [0.4, 0.5) is 0 Å². The van der Waals surface area contributed by atoms with Crippen LogP contribution in [0, 0.1) is 0 Å². The van der Waals surface area contributed by atoms with Crippen LogP contribution >= 0.6 is 0 Å². The normalized spacial score (nSPS) is 17.1. The topological polar surface area (TPSA) is 71.1 Å². The third-order valence-electron chi connectivity index (χ3n) is 5.29. The summed E-state index contributed by atoms with van der Waals surface area (Å²) < 4.78 is 16.8. The van der Waals surface area contributed by atoms with Gasteiger partial charge in [-0.2, -0.15) is 0 Å². The number of rotatable bonds is 10. The highest BCUT2D eigenvalue weighted by Gasteiger charge is 2.22. The van der Waals surface area contributed by atoms with Crippen LogP contribution in [0.15, 0.2) is 76.0 Å². The van der Waals surface area contributed by atoms with E-state index in [1.807, 2.05) is 35.2 Å². The third-order valence-corrected chi connectivity index (χ3v) is 5.29. The molecule has 164 valence electrons. The third kappa shape index (κ3) is 6.82. The summed E-state index contributed by atoms with van der Waals surface area (Å²) in [4.78, 5) is 17.0. The van der Waals surface area contributed by atoms with Gasteiger partial charge in [0.2, 0.25) is 5.91 Å². The van der Waals surface area contributed by atoms with Crippen molar-refractivity contribution in [3.05, 3.63) is 84.2 Å². The molecule has 3 aromatic rings. The van der Waals surface area contributed by atoms with Gasteiger partial charge in [-0.05, 0) is 29.8 Å². The molecule has 1 aliphatic heterocycles. The lowest BCUT2D eigenvalue weighted by Crippen LogP contribution is -2.48. The molecule has 31 heavy (non-hydrogen) atoms. The quantitative estimate of drug-likeness (QED) is 0.541. The van der Waals surface area contributed by atoms with E-state index in [2.05, 4.69) is 34.5 Å². The Labute approximate surface area is 182 Å². The first-order valence-corrected chi connectivity index (χ1v) is 10.7. The second kappa shape index (κ2) is 10.9. The average molecular weight is 424 g/mol. The van der Waals surface area contributed by atoms with E-state index in [1.165, 1.54) is 5.56 Å². The lowest BCUT2D eigenvalue weighted by atomic mass is 10.2. The fourth-order valence-electron chi connectivity index (χ4n) is 3.79. The predicted octanol–water partition coefficient (Wildman–Crippen LogP) is 2.89. The van der Waals surface area contributed by atoms with Crippen molar-refractivity contribution in [2.45, 2.75) is 25.7 Å². The molecule has 4 rings (SSSR count). The number of nitrogens with one attached hydrogen (secondary N) is 1. The molecule has 7 heteroatoms. The molecule has 0 radical (unpaired) electrons. The number of hydrogen-bond acceptors (Lipinski definition) is 6. The van der Waals surface area contributed by atoms with Crippen molar-refractivity contribution in [3.8, 4) is 0 Å². The second-order valence-electron chi connectivity index (χ2n) is 7.82. The zero-order valence-corrected chi connectivity index (χ0v) is 17.6. The molecule has 0 spiro atoms. The molecule has 7 nitrogen and oxygen atoms in total. The second-order valence-corrected chi connectivity index (χ2v) is 7.82. The van der Waals surface area contributed by atoms with Crippen molar-refractivity contribution in [2.24, 2.45) is 0 Å². The van der Waals surface area contributed by atoms with E-state index < -0.39 is 0 Å². The Kier molecular flexibility index (Phi) is 7.55. The van der Waals surface area contributed by atoms with Gasteiger partial charge in [0.1, 0.15) is 11.5 Å². The first-order chi connectivity index (χ1) is 15.2. The molecule has 1 atom stereocenters. The number of hydrogen-bond donors (Lipinski definition) is 1. The summed E-state index contributed by atoms with van der Waals surface area (Å²) in [5.41, 5.74) is 1.29. The van der Waals surface area contributed by atoms with Gasteiger partial charge in [0, 0.05) is 26.2 Å². The van der Waals surface area contributed by atoms with Crippen molar-refractivity contribution in [2.75, 3.05) is 32.8 Å². The van der Waals surface area contributed by atoms with Gasteiger partial charge >= 0.3 is 0 Å². The summed E-state index contributed by atoms with van der Waals surface area (Å²) in [6.07, 6.45) is 3.27. The molecule has 1 aliphatic rings. The molecule has 1 aromatic carbocycles. The minimum absolute atomic E-state index is 0.00925. The maximum atomic E-state index is 12.6. The molecule has 3 heterocycles. The van der Waals surface area contributed by atoms with E-state index in [0.29, 0.717) is 26.2 Å². The molecular formula is C24H29N3O4. The average Bonchev–Trinajstić information content (AvgIpc) is 3.48. The highest BCUT2D eigenvalue weighted by atomic mass is 16.5. The molecular weight excluding hydrogens is 394 g/mol. The zero-order chi connectivity index (χ0) is 21.3. The molecule has 1 fully saturated rings. The van der Waals surface area contributed by atoms with Gasteiger partial charge < -0.3 is 18.9 Å². The molecule has 0 aliphatic carbocycles. The van der Waals surface area contributed by atoms with Crippen molar-refractivity contribution < 1.29 is 18.4 Å². The van der Waals surface area contributed by atoms with E-state index in [4.69, 9.17) is 13.6 Å². The Bertz CT molecular complexity index is 860. The lowest BCUT2D eigenvalue weighted by molar-refractivity contribution is -0.123. The number of benzene rings is 1. The summed E-state index contributed by atoms with van der Waals surface area (Å²) in [6, 6.07) is 17.9. The van der Waals surface area contributed by atoms with Crippen LogP contribution < -0.4 is 5.32 Å². The van der Waals surface area contributed by atoms with E-state index in [1.54, 1.807) is 12.5 Å². The number of morpholine rings is 1. The van der Waals surface area contributed by atoms with E-state index in [0.717, 1.165) is 31.2 Å². The Morgan fingerprint density at radius 2 is 1.71 bits per heavy atom. The molecule has 0 bridgehead atoms. The van der Waals surface area contributed by atoms with Crippen LogP contribution in [0.2, 0.25) is 0 Å². The van der Waals surface area contributed by atoms with Gasteiger partial charge in [0.05, 0.1) is 44.9 Å². The van der Waals surface area contributed by atoms with E-state index in [-0.39, 0.29) is 18.6 Å². The monoisotopic (exact) mass is 423 g/mol. The van der Waals surface area contributed by atoms with Gasteiger partial charge in [-0.25, -0.2) is 0 Å². The molecule has 1 saturated heterocycles. The highest BCUT2D eigenvalue weighted by Crippen LogP contribution is 2.12. The first kappa shape index (κ1) is 21.4. The van der Waals surface area contributed by atoms with Crippen LogP contribution in [0.25, 0.3) is 0 Å². The smallest absolute Gasteiger partial charge is 0.234 e. The molecule has 2 aromatic heterocycles. The summed E-state index contributed by atoms with van der Waals surface area (Å²) in [6.45, 7) is 5.10. The number of furan rings is 2. The van der Waals surface area contributed by atoms with Crippen molar-refractivity contribution in [1.82, 2.24) is 15.1 Å². The zero-order valence-electron chi connectivity index (χ0n) is 17.6. The van der Waals surface area contributed by atoms with Crippen LogP contribution in [0.1, 0.15) is 17.1 Å². The molecule has 1 N–H and O–H groups in total. The molecule has 0 saturated carbocycles. The lowest BCUT2D eigenvalue weighted by Gasteiger charge is -2.33. The van der Waals surface area contributed by atoms with Gasteiger partial charge in [-0.3, -0.25) is 14.6 Å². The Balaban J connectivity index is 1.25. The molecule has 1 amide bonds. The Morgan fingerprint density at radius 3 is 2.35 bits per heavy atom.